The SMILES string of the molecule is CN=C(NCCS(=O)Cc1ccccc1)NCc1ccc(F)cc1C(F)(F)F. The lowest BCUT2D eigenvalue weighted by Crippen LogP contribution is -2.39. The number of benzene rings is 2. The normalized spacial score (nSPS) is 13.2. The molecule has 0 saturated carbocycles. The van der Waals surface area contributed by atoms with Crippen molar-refractivity contribution < 1.29 is 21.8 Å². The summed E-state index contributed by atoms with van der Waals surface area (Å²) < 4.78 is 64.3. The van der Waals surface area contributed by atoms with E-state index in [0.29, 0.717) is 24.1 Å². The Bertz CT molecular complexity index is 826. The summed E-state index contributed by atoms with van der Waals surface area (Å²) in [5.74, 6) is 0.118. The molecule has 1 atom stereocenters. The lowest BCUT2D eigenvalue weighted by atomic mass is 10.1. The Kier molecular flexibility index (Phi) is 7.98. The molecule has 2 aromatic rings. The maximum absolute atomic E-state index is 13.2. The molecule has 0 heterocycles. The zero-order valence-electron chi connectivity index (χ0n) is 15.2. The van der Waals surface area contributed by atoms with Crippen molar-refractivity contribution in [2.75, 3.05) is 19.3 Å². The quantitative estimate of drug-likeness (QED) is 0.414. The van der Waals surface area contributed by atoms with Crippen molar-refractivity contribution in [1.82, 2.24) is 10.6 Å². The van der Waals surface area contributed by atoms with Gasteiger partial charge in [-0.3, -0.25) is 9.20 Å². The molecular weight excluding hydrogens is 394 g/mol. The smallest absolute Gasteiger partial charge is 0.355 e. The summed E-state index contributed by atoms with van der Waals surface area (Å²) in [5.41, 5.74) is -0.150. The summed E-state index contributed by atoms with van der Waals surface area (Å²) in [7, 11) is 0.395. The van der Waals surface area contributed by atoms with Gasteiger partial charge in [0.15, 0.2) is 5.96 Å². The van der Waals surface area contributed by atoms with E-state index in [0.717, 1.165) is 17.7 Å². The first-order valence-corrected chi connectivity index (χ1v) is 9.97. The Hall–Kier alpha value is -2.42. The van der Waals surface area contributed by atoms with E-state index in [9.17, 15) is 21.8 Å². The molecule has 0 radical (unpaired) electrons. The number of alkyl halides is 3. The molecule has 0 aliphatic rings. The number of nitrogens with one attached hydrogen (secondary N) is 2. The van der Waals surface area contributed by atoms with E-state index < -0.39 is 28.4 Å². The summed E-state index contributed by atoms with van der Waals surface area (Å²) in [6, 6.07) is 12.0. The molecule has 0 bridgehead atoms. The monoisotopic (exact) mass is 415 g/mol. The highest BCUT2D eigenvalue weighted by Gasteiger charge is 2.33. The van der Waals surface area contributed by atoms with Gasteiger partial charge in [-0.15, -0.1) is 0 Å². The Morgan fingerprint density at radius 3 is 2.46 bits per heavy atom. The minimum atomic E-state index is -4.65. The topological polar surface area (TPSA) is 53.5 Å². The van der Waals surface area contributed by atoms with E-state index in [-0.39, 0.29) is 18.1 Å². The number of guanidine groups is 1. The molecule has 4 nitrogen and oxygen atoms in total. The Labute approximate surface area is 163 Å². The highest BCUT2D eigenvalue weighted by Crippen LogP contribution is 2.32. The van der Waals surface area contributed by atoms with Gasteiger partial charge in [-0.2, -0.15) is 13.2 Å². The number of nitrogens with zero attached hydrogens (tertiary/aromatic N) is 1. The van der Waals surface area contributed by atoms with Gasteiger partial charge in [-0.25, -0.2) is 4.39 Å². The van der Waals surface area contributed by atoms with Gasteiger partial charge < -0.3 is 10.6 Å². The van der Waals surface area contributed by atoms with Crippen LogP contribution in [0, 0.1) is 5.82 Å². The Morgan fingerprint density at radius 2 is 1.82 bits per heavy atom. The fourth-order valence-electron chi connectivity index (χ4n) is 2.48. The molecule has 2 aromatic carbocycles. The molecule has 0 fully saturated rings. The number of rotatable bonds is 7. The predicted molar refractivity (Wildman–Crippen MR) is 103 cm³/mol. The summed E-state index contributed by atoms with van der Waals surface area (Å²) >= 11 is 0. The van der Waals surface area contributed by atoms with Gasteiger partial charge in [0.25, 0.3) is 0 Å². The first-order valence-electron chi connectivity index (χ1n) is 8.48. The number of halogens is 4. The van der Waals surface area contributed by atoms with Gasteiger partial charge in [0.05, 0.1) is 5.56 Å². The number of aliphatic imine (C=N–C) groups is 1. The van der Waals surface area contributed by atoms with Crippen LogP contribution < -0.4 is 10.6 Å². The average molecular weight is 415 g/mol. The van der Waals surface area contributed by atoms with Gasteiger partial charge in [0, 0.05) is 42.4 Å². The Morgan fingerprint density at radius 1 is 1.11 bits per heavy atom. The third-order valence-corrected chi connectivity index (χ3v) is 5.15. The molecule has 9 heteroatoms. The minimum Gasteiger partial charge on any atom is -0.355 e. The van der Waals surface area contributed by atoms with Crippen LogP contribution in [0.1, 0.15) is 16.7 Å². The highest BCUT2D eigenvalue weighted by molar-refractivity contribution is 7.84. The van der Waals surface area contributed by atoms with Crippen molar-refractivity contribution in [3.05, 3.63) is 71.0 Å². The molecule has 2 N–H and O–H groups in total. The molecule has 0 aliphatic carbocycles. The average Bonchev–Trinajstić information content (AvgIpc) is 2.65. The number of hydrogen-bond acceptors (Lipinski definition) is 2. The van der Waals surface area contributed by atoms with Gasteiger partial charge >= 0.3 is 6.18 Å². The van der Waals surface area contributed by atoms with Crippen molar-refractivity contribution in [3.63, 3.8) is 0 Å². The lowest BCUT2D eigenvalue weighted by Gasteiger charge is -2.16. The first kappa shape index (κ1) is 21.9. The van der Waals surface area contributed by atoms with Crippen molar-refractivity contribution in [1.29, 1.82) is 0 Å². The fourth-order valence-corrected chi connectivity index (χ4v) is 3.52. The molecule has 0 aromatic heterocycles. The maximum atomic E-state index is 13.2. The van der Waals surface area contributed by atoms with Gasteiger partial charge in [0.1, 0.15) is 5.82 Å². The largest absolute Gasteiger partial charge is 0.416 e. The third kappa shape index (κ3) is 6.95. The third-order valence-electron chi connectivity index (χ3n) is 3.84. The molecule has 2 rings (SSSR count). The second kappa shape index (κ2) is 10.2. The van der Waals surface area contributed by atoms with Crippen molar-refractivity contribution >= 4 is 16.8 Å². The van der Waals surface area contributed by atoms with Crippen LogP contribution >= 0.6 is 0 Å². The van der Waals surface area contributed by atoms with Crippen LogP contribution in [0.25, 0.3) is 0 Å². The molecule has 1 unspecified atom stereocenters. The fraction of sp³-hybridized carbons (Fsp3) is 0.316. The van der Waals surface area contributed by atoms with Gasteiger partial charge in [0.2, 0.25) is 0 Å². The summed E-state index contributed by atoms with van der Waals surface area (Å²) in [6.45, 7) is 0.163. The van der Waals surface area contributed by atoms with E-state index >= 15 is 0 Å². The second-order valence-corrected chi connectivity index (χ2v) is 7.50. The van der Waals surface area contributed by atoms with Crippen molar-refractivity contribution in [2.45, 2.75) is 18.5 Å². The molecule has 0 aliphatic heterocycles. The molecule has 0 amide bonds. The highest BCUT2D eigenvalue weighted by atomic mass is 32.2. The van der Waals surface area contributed by atoms with Crippen LogP contribution in [0.15, 0.2) is 53.5 Å². The molecule has 152 valence electrons. The van der Waals surface area contributed by atoms with E-state index in [1.807, 2.05) is 30.3 Å². The van der Waals surface area contributed by atoms with Crippen LogP contribution in [-0.4, -0.2) is 29.5 Å². The van der Waals surface area contributed by atoms with E-state index in [1.165, 1.54) is 7.05 Å². The van der Waals surface area contributed by atoms with Crippen LogP contribution in [0.2, 0.25) is 0 Å². The Balaban J connectivity index is 1.84. The van der Waals surface area contributed by atoms with E-state index in [1.54, 1.807) is 0 Å². The zero-order valence-corrected chi connectivity index (χ0v) is 16.0. The van der Waals surface area contributed by atoms with Crippen molar-refractivity contribution in [2.24, 2.45) is 4.99 Å². The molecule has 0 spiro atoms. The van der Waals surface area contributed by atoms with Crippen LogP contribution in [0.5, 0.6) is 0 Å². The van der Waals surface area contributed by atoms with E-state index in [4.69, 9.17) is 0 Å². The van der Waals surface area contributed by atoms with Crippen LogP contribution in [-0.2, 0) is 29.3 Å². The summed E-state index contributed by atoms with van der Waals surface area (Å²) in [5, 5.41) is 5.68. The predicted octanol–water partition coefficient (Wildman–Crippen LogP) is 3.46. The summed E-state index contributed by atoms with van der Waals surface area (Å²) in [6.07, 6.45) is -4.65. The standard InChI is InChI=1S/C19H21F4N3OS/c1-24-18(25-9-10-28(27)13-14-5-3-2-4-6-14)26-12-15-7-8-16(20)11-17(15)19(21,22)23/h2-8,11H,9-10,12-13H2,1H3,(H2,24,25,26). The van der Waals surface area contributed by atoms with E-state index in [2.05, 4.69) is 15.6 Å². The molecular formula is C19H21F4N3OS. The molecule has 0 saturated heterocycles. The summed E-state index contributed by atoms with van der Waals surface area (Å²) in [4.78, 5) is 3.93. The minimum absolute atomic E-state index is 0.0931. The zero-order chi connectivity index (χ0) is 20.6. The van der Waals surface area contributed by atoms with Gasteiger partial charge in [-0.05, 0) is 23.3 Å². The first-order chi connectivity index (χ1) is 13.3. The van der Waals surface area contributed by atoms with Gasteiger partial charge in [-0.1, -0.05) is 36.4 Å². The maximum Gasteiger partial charge on any atom is 0.416 e. The molecule has 28 heavy (non-hydrogen) atoms. The number of hydrogen-bond donors (Lipinski definition) is 2. The van der Waals surface area contributed by atoms with Crippen LogP contribution in [0.3, 0.4) is 0 Å². The van der Waals surface area contributed by atoms with Crippen molar-refractivity contribution in [3.8, 4) is 0 Å². The second-order valence-electron chi connectivity index (χ2n) is 5.93. The lowest BCUT2D eigenvalue weighted by molar-refractivity contribution is -0.138. The van der Waals surface area contributed by atoms with Crippen LogP contribution in [0.4, 0.5) is 17.6 Å².